The summed E-state index contributed by atoms with van der Waals surface area (Å²) < 4.78 is 5.34. The smallest absolute Gasteiger partial charge is 0.409 e. The number of carboxylic acids is 1. The number of ether oxygens (including phenoxy) is 1. The number of rotatable bonds is 13. The molecule has 2 fully saturated rings. The molecule has 0 aliphatic carbocycles. The number of carboxylic acid groups (broad SMARTS) is 1. The Balaban J connectivity index is 1.49. The number of amides is 4. The van der Waals surface area contributed by atoms with Crippen molar-refractivity contribution < 1.29 is 33.8 Å². The van der Waals surface area contributed by atoms with Gasteiger partial charge in [0.1, 0.15) is 17.6 Å². The Morgan fingerprint density at radius 3 is 2.25 bits per heavy atom. The molecule has 14 nitrogen and oxygen atoms in total. The van der Waals surface area contributed by atoms with Crippen LogP contribution in [0.2, 0.25) is 0 Å². The predicted molar refractivity (Wildman–Crippen MR) is 178 cm³/mol. The first-order valence-corrected chi connectivity index (χ1v) is 16.7. The summed E-state index contributed by atoms with van der Waals surface area (Å²) in [4.78, 5) is 79.9. The molecule has 1 atom stereocenters. The lowest BCUT2D eigenvalue weighted by atomic mass is 9.95. The lowest BCUT2D eigenvalue weighted by Gasteiger charge is -2.36. The summed E-state index contributed by atoms with van der Waals surface area (Å²) in [6.07, 6.45) is 3.20. The molecular formula is C34H47N7O7. The van der Waals surface area contributed by atoms with E-state index in [1.807, 2.05) is 35.2 Å². The van der Waals surface area contributed by atoms with Crippen LogP contribution in [0.3, 0.4) is 0 Å². The van der Waals surface area contributed by atoms with Crippen LogP contribution in [0.15, 0.2) is 36.4 Å². The number of hydrogen-bond donors (Lipinski definition) is 2. The van der Waals surface area contributed by atoms with Gasteiger partial charge in [0.05, 0.1) is 6.61 Å². The van der Waals surface area contributed by atoms with Crippen LogP contribution in [0.25, 0.3) is 11.4 Å². The van der Waals surface area contributed by atoms with Gasteiger partial charge in [-0.2, -0.15) is 0 Å². The van der Waals surface area contributed by atoms with Gasteiger partial charge in [0.25, 0.3) is 5.91 Å². The van der Waals surface area contributed by atoms with Crippen LogP contribution in [0, 0.1) is 5.92 Å². The lowest BCUT2D eigenvalue weighted by molar-refractivity contribution is -0.138. The molecule has 260 valence electrons. The molecule has 4 amide bonds. The third-order valence-corrected chi connectivity index (χ3v) is 8.66. The number of aromatic nitrogens is 2. The maximum Gasteiger partial charge on any atom is 0.409 e. The topological polar surface area (TPSA) is 166 Å². The first kappa shape index (κ1) is 36.1. The summed E-state index contributed by atoms with van der Waals surface area (Å²) >= 11 is 0. The van der Waals surface area contributed by atoms with E-state index in [2.05, 4.69) is 17.2 Å². The highest BCUT2D eigenvalue weighted by atomic mass is 16.6. The van der Waals surface area contributed by atoms with Crippen molar-refractivity contribution in [3.63, 3.8) is 0 Å². The molecule has 0 radical (unpaired) electrons. The summed E-state index contributed by atoms with van der Waals surface area (Å²) in [6, 6.07) is 9.67. The number of hydrogen-bond acceptors (Lipinski definition) is 9. The molecule has 2 saturated heterocycles. The minimum atomic E-state index is -1.12. The van der Waals surface area contributed by atoms with Crippen LogP contribution in [0.4, 0.5) is 10.6 Å². The number of nitrogens with zero attached hydrogens (tertiary/aromatic N) is 6. The van der Waals surface area contributed by atoms with E-state index in [0.29, 0.717) is 49.7 Å². The largest absolute Gasteiger partial charge is 0.481 e. The maximum absolute atomic E-state index is 13.8. The van der Waals surface area contributed by atoms with E-state index in [4.69, 9.17) is 9.72 Å². The molecule has 0 saturated carbocycles. The zero-order valence-corrected chi connectivity index (χ0v) is 28.1. The molecule has 0 bridgehead atoms. The Labute approximate surface area is 281 Å². The Hall–Kier alpha value is -4.75. The first-order chi connectivity index (χ1) is 23.1. The second-order valence-electron chi connectivity index (χ2n) is 12.4. The molecule has 14 heteroatoms. The molecule has 0 unspecified atom stereocenters. The highest BCUT2D eigenvalue weighted by Gasteiger charge is 2.32. The quantitative estimate of drug-likeness (QED) is 0.304. The molecule has 2 aliphatic heterocycles. The Morgan fingerprint density at radius 2 is 1.62 bits per heavy atom. The third kappa shape index (κ3) is 9.88. The van der Waals surface area contributed by atoms with E-state index in [-0.39, 0.29) is 56.5 Å². The molecule has 0 spiro atoms. The van der Waals surface area contributed by atoms with E-state index in [1.54, 1.807) is 30.0 Å². The summed E-state index contributed by atoms with van der Waals surface area (Å²) in [7, 11) is 3.49. The molecule has 1 aromatic carbocycles. The van der Waals surface area contributed by atoms with Crippen molar-refractivity contribution in [2.45, 2.75) is 57.9 Å². The van der Waals surface area contributed by atoms with Crippen molar-refractivity contribution in [1.82, 2.24) is 30.0 Å². The van der Waals surface area contributed by atoms with Gasteiger partial charge in [0.2, 0.25) is 11.8 Å². The zero-order valence-electron chi connectivity index (χ0n) is 28.1. The van der Waals surface area contributed by atoms with E-state index in [9.17, 15) is 29.1 Å². The van der Waals surface area contributed by atoms with E-state index in [0.717, 1.165) is 19.3 Å². The van der Waals surface area contributed by atoms with Crippen LogP contribution < -0.4 is 10.2 Å². The SMILES string of the molecule is CCCCCOC(=O)N1CCN(C(=O)[C@H](CCC(=O)O)NC(=O)c2cc(N3CCC(C(=O)N(C)C)CC3)nc(-c3ccccc3)n2)CC1. The Bertz CT molecular complexity index is 1420. The summed E-state index contributed by atoms with van der Waals surface area (Å²) in [5, 5.41) is 12.1. The summed E-state index contributed by atoms with van der Waals surface area (Å²) in [5.41, 5.74) is 0.737. The lowest BCUT2D eigenvalue weighted by Crippen LogP contribution is -2.56. The Kier molecular flexibility index (Phi) is 13.1. The zero-order chi connectivity index (χ0) is 34.6. The average Bonchev–Trinajstić information content (AvgIpc) is 3.11. The minimum absolute atomic E-state index is 0.0362. The maximum atomic E-state index is 13.8. The predicted octanol–water partition coefficient (Wildman–Crippen LogP) is 2.88. The molecule has 1 aromatic heterocycles. The molecule has 48 heavy (non-hydrogen) atoms. The van der Waals surface area contributed by atoms with Crippen molar-refractivity contribution in [1.29, 1.82) is 0 Å². The van der Waals surface area contributed by atoms with Crippen molar-refractivity contribution >= 4 is 35.6 Å². The number of anilines is 1. The van der Waals surface area contributed by atoms with Gasteiger partial charge in [-0.05, 0) is 25.7 Å². The second-order valence-corrected chi connectivity index (χ2v) is 12.4. The number of carbonyl (C=O) groups excluding carboxylic acids is 4. The summed E-state index contributed by atoms with van der Waals surface area (Å²) in [6.45, 7) is 4.53. The van der Waals surface area contributed by atoms with Gasteiger partial charge in [-0.3, -0.25) is 19.2 Å². The standard InChI is InChI=1S/C34H47N7O7/c1-4-5-9-22-48-34(47)41-20-18-40(19-21-41)33(46)26(12-13-29(42)43)36-31(44)27-23-28(37-30(35-27)24-10-7-6-8-11-24)39-16-14-25(15-17-39)32(45)38(2)3/h6-8,10-11,23,25-26H,4-5,9,12-22H2,1-3H3,(H,36,44)(H,42,43)/t26-/m0/s1. The van der Waals surface area contributed by atoms with Crippen LogP contribution >= 0.6 is 0 Å². The molecule has 2 aliphatic rings. The van der Waals surface area contributed by atoms with E-state index in [1.165, 1.54) is 4.90 Å². The van der Waals surface area contributed by atoms with Gasteiger partial charge in [-0.1, -0.05) is 50.1 Å². The molecule has 4 rings (SSSR count). The van der Waals surface area contributed by atoms with Crippen LogP contribution in [0.1, 0.15) is 62.4 Å². The van der Waals surface area contributed by atoms with E-state index < -0.39 is 29.9 Å². The molecular weight excluding hydrogens is 618 g/mol. The van der Waals surface area contributed by atoms with Crippen LogP contribution in [-0.2, 0) is 19.1 Å². The van der Waals surface area contributed by atoms with E-state index >= 15 is 0 Å². The van der Waals surface area contributed by atoms with Crippen LogP contribution in [-0.4, -0.2) is 126 Å². The first-order valence-electron chi connectivity index (χ1n) is 16.7. The minimum Gasteiger partial charge on any atom is -0.481 e. The van der Waals surface area contributed by atoms with Gasteiger partial charge in [0.15, 0.2) is 5.82 Å². The fraction of sp³-hybridized carbons (Fsp3) is 0.559. The van der Waals surface area contributed by atoms with Gasteiger partial charge >= 0.3 is 12.1 Å². The van der Waals surface area contributed by atoms with Crippen molar-refractivity contribution in [3.05, 3.63) is 42.1 Å². The van der Waals surface area contributed by atoms with Crippen molar-refractivity contribution in [2.24, 2.45) is 5.92 Å². The average molecular weight is 666 g/mol. The third-order valence-electron chi connectivity index (χ3n) is 8.66. The molecule has 2 aromatic rings. The van der Waals surface area contributed by atoms with Crippen molar-refractivity contribution in [2.75, 3.05) is 64.9 Å². The van der Waals surface area contributed by atoms with Crippen molar-refractivity contribution in [3.8, 4) is 11.4 Å². The van der Waals surface area contributed by atoms with Gasteiger partial charge in [0, 0.05) is 77.3 Å². The number of carbonyl (C=O) groups is 5. The number of nitrogens with one attached hydrogen (secondary N) is 1. The fourth-order valence-corrected chi connectivity index (χ4v) is 5.84. The monoisotopic (exact) mass is 665 g/mol. The molecule has 3 heterocycles. The fourth-order valence-electron chi connectivity index (χ4n) is 5.84. The number of piperazine rings is 1. The van der Waals surface area contributed by atoms with Gasteiger partial charge in [-0.25, -0.2) is 14.8 Å². The highest BCUT2D eigenvalue weighted by Crippen LogP contribution is 2.26. The second kappa shape index (κ2) is 17.4. The summed E-state index contributed by atoms with van der Waals surface area (Å²) in [5.74, 6) is -1.30. The normalized spacial score (nSPS) is 15.9. The van der Waals surface area contributed by atoms with Gasteiger partial charge < -0.3 is 34.8 Å². The number of benzene rings is 1. The van der Waals surface area contributed by atoms with Gasteiger partial charge in [-0.15, -0.1) is 0 Å². The molecule has 2 N–H and O–H groups in total. The number of unbranched alkanes of at least 4 members (excludes halogenated alkanes) is 2. The number of aliphatic carboxylic acids is 1. The Morgan fingerprint density at radius 1 is 0.958 bits per heavy atom. The number of piperidine rings is 1. The highest BCUT2D eigenvalue weighted by molar-refractivity contribution is 5.97. The van der Waals surface area contributed by atoms with Crippen LogP contribution in [0.5, 0.6) is 0 Å².